The highest BCUT2D eigenvalue weighted by atomic mass is 79.9. The molecule has 0 fully saturated rings. The Hall–Kier alpha value is -0.580. The first-order chi connectivity index (χ1) is 10.0. The van der Waals surface area contributed by atoms with Crippen molar-refractivity contribution >= 4 is 38.9 Å². The summed E-state index contributed by atoms with van der Waals surface area (Å²) in [6.45, 7) is 6.45. The first kappa shape index (κ1) is 16.8. The summed E-state index contributed by atoms with van der Waals surface area (Å²) in [6, 6.07) is 6.16. The van der Waals surface area contributed by atoms with Crippen LogP contribution in [0.1, 0.15) is 55.5 Å². The third-order valence-corrected chi connectivity index (χ3v) is 4.97. The van der Waals surface area contributed by atoms with Gasteiger partial charge in [0.15, 0.2) is 0 Å². The standard InChI is InChI=1S/C16H19BrClNOS/c1-4-14(16-19-12(8-18)9-21-16)20-15-6-5-11(17)7-13(15)10(2)3/h5-7,9-10,14H,4,8H2,1-3H3. The molecule has 2 rings (SSSR count). The Balaban J connectivity index is 2.26. The molecule has 1 atom stereocenters. The van der Waals surface area contributed by atoms with Crippen molar-refractivity contribution in [1.29, 1.82) is 0 Å². The van der Waals surface area contributed by atoms with Crippen LogP contribution in [-0.2, 0) is 5.88 Å². The van der Waals surface area contributed by atoms with Gasteiger partial charge in [0.25, 0.3) is 0 Å². The molecule has 0 saturated heterocycles. The predicted octanol–water partition coefficient (Wildman–Crippen LogP) is 6.30. The Morgan fingerprint density at radius 1 is 1.38 bits per heavy atom. The van der Waals surface area contributed by atoms with E-state index in [1.807, 2.05) is 17.5 Å². The molecule has 0 amide bonds. The van der Waals surface area contributed by atoms with Gasteiger partial charge in [-0.3, -0.25) is 0 Å². The van der Waals surface area contributed by atoms with Gasteiger partial charge in [0, 0.05) is 9.85 Å². The highest BCUT2D eigenvalue weighted by Crippen LogP contribution is 2.34. The summed E-state index contributed by atoms with van der Waals surface area (Å²) in [7, 11) is 0. The van der Waals surface area contributed by atoms with Gasteiger partial charge in [-0.15, -0.1) is 22.9 Å². The number of benzene rings is 1. The smallest absolute Gasteiger partial charge is 0.150 e. The Morgan fingerprint density at radius 2 is 2.14 bits per heavy atom. The van der Waals surface area contributed by atoms with Crippen molar-refractivity contribution in [3.05, 3.63) is 44.3 Å². The molecule has 0 aliphatic carbocycles. The van der Waals surface area contributed by atoms with Crippen LogP contribution in [0.15, 0.2) is 28.1 Å². The maximum atomic E-state index is 6.24. The zero-order chi connectivity index (χ0) is 15.4. The molecule has 2 nitrogen and oxygen atoms in total. The van der Waals surface area contributed by atoms with Crippen LogP contribution < -0.4 is 4.74 Å². The maximum Gasteiger partial charge on any atom is 0.150 e. The number of aromatic nitrogens is 1. The number of hydrogen-bond donors (Lipinski definition) is 0. The number of nitrogens with zero attached hydrogens (tertiary/aromatic N) is 1. The Morgan fingerprint density at radius 3 is 2.71 bits per heavy atom. The fraction of sp³-hybridized carbons (Fsp3) is 0.438. The number of alkyl halides is 1. The molecular formula is C16H19BrClNOS. The summed E-state index contributed by atoms with van der Waals surface area (Å²) >= 11 is 11.0. The molecule has 114 valence electrons. The Kier molecular flexibility index (Phi) is 6.08. The molecule has 0 radical (unpaired) electrons. The number of rotatable bonds is 6. The van der Waals surface area contributed by atoms with Crippen molar-refractivity contribution < 1.29 is 4.74 Å². The minimum atomic E-state index is -0.0226. The topological polar surface area (TPSA) is 22.1 Å². The zero-order valence-electron chi connectivity index (χ0n) is 12.4. The SMILES string of the molecule is CCC(Oc1ccc(Br)cc1C(C)C)c1nc(CCl)cs1. The molecule has 0 aliphatic rings. The number of hydrogen-bond acceptors (Lipinski definition) is 3. The Labute approximate surface area is 143 Å². The number of thiazole rings is 1. The van der Waals surface area contributed by atoms with Gasteiger partial charge in [-0.25, -0.2) is 4.98 Å². The van der Waals surface area contributed by atoms with Crippen LogP contribution >= 0.6 is 38.9 Å². The lowest BCUT2D eigenvalue weighted by Crippen LogP contribution is -2.08. The van der Waals surface area contributed by atoms with Crippen LogP contribution in [0, 0.1) is 0 Å². The molecule has 0 spiro atoms. The average Bonchev–Trinajstić information content (AvgIpc) is 2.94. The largest absolute Gasteiger partial charge is 0.483 e. The normalized spacial score (nSPS) is 12.7. The average molecular weight is 389 g/mol. The van der Waals surface area contributed by atoms with Gasteiger partial charge in [-0.2, -0.15) is 0 Å². The van der Waals surface area contributed by atoms with Crippen molar-refractivity contribution in [2.75, 3.05) is 0 Å². The molecule has 21 heavy (non-hydrogen) atoms. The molecule has 0 N–H and O–H groups in total. The molecule has 0 bridgehead atoms. The van der Waals surface area contributed by atoms with E-state index in [9.17, 15) is 0 Å². The summed E-state index contributed by atoms with van der Waals surface area (Å²) in [5.74, 6) is 1.79. The lowest BCUT2D eigenvalue weighted by Gasteiger charge is -2.20. The number of halogens is 2. The van der Waals surface area contributed by atoms with Gasteiger partial charge in [0.1, 0.15) is 16.9 Å². The van der Waals surface area contributed by atoms with Gasteiger partial charge < -0.3 is 4.74 Å². The molecule has 5 heteroatoms. The fourth-order valence-electron chi connectivity index (χ4n) is 2.07. The molecule has 1 unspecified atom stereocenters. The van der Waals surface area contributed by atoms with E-state index in [1.165, 1.54) is 5.56 Å². The van der Waals surface area contributed by atoms with Gasteiger partial charge >= 0.3 is 0 Å². The first-order valence-electron chi connectivity index (χ1n) is 7.01. The van der Waals surface area contributed by atoms with Crippen LogP contribution in [0.3, 0.4) is 0 Å². The summed E-state index contributed by atoms with van der Waals surface area (Å²) < 4.78 is 7.31. The highest BCUT2D eigenvalue weighted by Gasteiger charge is 2.18. The van der Waals surface area contributed by atoms with Gasteiger partial charge in [-0.1, -0.05) is 36.7 Å². The molecule has 1 aromatic carbocycles. The van der Waals surface area contributed by atoms with Crippen molar-refractivity contribution in [2.45, 2.75) is 45.1 Å². The van der Waals surface area contributed by atoms with Gasteiger partial charge in [0.05, 0.1) is 11.6 Å². The van der Waals surface area contributed by atoms with Crippen molar-refractivity contribution in [3.8, 4) is 5.75 Å². The summed E-state index contributed by atoms with van der Waals surface area (Å²) in [4.78, 5) is 4.54. The van der Waals surface area contributed by atoms with Gasteiger partial charge in [-0.05, 0) is 36.1 Å². The van der Waals surface area contributed by atoms with E-state index in [1.54, 1.807) is 11.3 Å². The zero-order valence-corrected chi connectivity index (χ0v) is 15.6. The lowest BCUT2D eigenvalue weighted by atomic mass is 10.0. The van der Waals surface area contributed by atoms with E-state index in [-0.39, 0.29) is 6.10 Å². The van der Waals surface area contributed by atoms with Crippen LogP contribution in [0.5, 0.6) is 5.75 Å². The predicted molar refractivity (Wildman–Crippen MR) is 93.6 cm³/mol. The Bertz CT molecular complexity index is 600. The van der Waals surface area contributed by atoms with E-state index in [2.05, 4.69) is 47.8 Å². The van der Waals surface area contributed by atoms with Crippen LogP contribution in [0.25, 0.3) is 0 Å². The van der Waals surface area contributed by atoms with Crippen LogP contribution in [0.2, 0.25) is 0 Å². The van der Waals surface area contributed by atoms with Crippen LogP contribution in [0.4, 0.5) is 0 Å². The molecule has 2 aromatic rings. The molecule has 0 aliphatic heterocycles. The van der Waals surface area contributed by atoms with E-state index < -0.39 is 0 Å². The summed E-state index contributed by atoms with van der Waals surface area (Å²) in [5, 5.41) is 2.99. The van der Waals surface area contributed by atoms with E-state index in [0.29, 0.717) is 11.8 Å². The van der Waals surface area contributed by atoms with E-state index >= 15 is 0 Å². The number of ether oxygens (including phenoxy) is 1. The first-order valence-corrected chi connectivity index (χ1v) is 9.22. The summed E-state index contributed by atoms with van der Waals surface area (Å²) in [6.07, 6.45) is 0.855. The van der Waals surface area contributed by atoms with Crippen LogP contribution in [-0.4, -0.2) is 4.98 Å². The second-order valence-corrected chi connectivity index (χ2v) is 7.23. The minimum Gasteiger partial charge on any atom is -0.483 e. The lowest BCUT2D eigenvalue weighted by molar-refractivity contribution is 0.198. The molecule has 1 heterocycles. The monoisotopic (exact) mass is 387 g/mol. The highest BCUT2D eigenvalue weighted by molar-refractivity contribution is 9.10. The third-order valence-electron chi connectivity index (χ3n) is 3.22. The second kappa shape index (κ2) is 7.61. The van der Waals surface area contributed by atoms with Crippen molar-refractivity contribution in [2.24, 2.45) is 0 Å². The molecular weight excluding hydrogens is 370 g/mol. The molecule has 1 aromatic heterocycles. The van der Waals surface area contributed by atoms with E-state index in [0.717, 1.165) is 27.3 Å². The van der Waals surface area contributed by atoms with Crippen molar-refractivity contribution in [3.63, 3.8) is 0 Å². The second-order valence-electron chi connectivity index (χ2n) is 5.16. The summed E-state index contributed by atoms with van der Waals surface area (Å²) in [5.41, 5.74) is 2.12. The third kappa shape index (κ3) is 4.21. The fourth-order valence-corrected chi connectivity index (χ4v) is 3.61. The van der Waals surface area contributed by atoms with Gasteiger partial charge in [0.2, 0.25) is 0 Å². The van der Waals surface area contributed by atoms with E-state index in [4.69, 9.17) is 16.3 Å². The molecule has 0 saturated carbocycles. The quantitative estimate of drug-likeness (QED) is 0.542. The maximum absolute atomic E-state index is 6.24. The minimum absolute atomic E-state index is 0.0226. The van der Waals surface area contributed by atoms with Crippen molar-refractivity contribution in [1.82, 2.24) is 4.98 Å².